The van der Waals surface area contributed by atoms with Crippen molar-refractivity contribution in [2.24, 2.45) is 10.3 Å². The van der Waals surface area contributed by atoms with E-state index in [1.54, 1.807) is 42.5 Å². The molecule has 1 saturated heterocycles. The summed E-state index contributed by atoms with van der Waals surface area (Å²) in [5.41, 5.74) is 0.839. The molecule has 4 rings (SSSR count). The first-order valence-electron chi connectivity index (χ1n) is 8.83. The number of hydrogen-bond donors (Lipinski definition) is 1. The normalized spacial score (nSPS) is 20.0. The van der Waals surface area contributed by atoms with Crippen molar-refractivity contribution in [1.82, 2.24) is 5.01 Å². The molecule has 3 amide bonds. The highest BCUT2D eigenvalue weighted by molar-refractivity contribution is 6.32. The zero-order valence-electron chi connectivity index (χ0n) is 15.6. The van der Waals surface area contributed by atoms with E-state index in [9.17, 15) is 14.4 Å². The van der Waals surface area contributed by atoms with Gasteiger partial charge in [0.1, 0.15) is 12.3 Å². The van der Waals surface area contributed by atoms with Crippen LogP contribution in [0.4, 0.5) is 11.4 Å². The quantitative estimate of drug-likeness (QED) is 0.709. The highest BCUT2D eigenvalue weighted by atomic mass is 35.5. The largest absolute Gasteiger partial charge is 0.495 e. The van der Waals surface area contributed by atoms with Crippen LogP contribution in [0.25, 0.3) is 0 Å². The van der Waals surface area contributed by atoms with Crippen LogP contribution in [-0.2, 0) is 14.4 Å². The highest BCUT2D eigenvalue weighted by Gasteiger charge is 2.55. The Kier molecular flexibility index (Phi) is 5.31. The molecule has 0 radical (unpaired) electrons. The maximum Gasteiger partial charge on any atom is 0.263 e. The lowest BCUT2D eigenvalue weighted by Crippen LogP contribution is -2.43. The van der Waals surface area contributed by atoms with E-state index in [1.165, 1.54) is 12.1 Å². The minimum Gasteiger partial charge on any atom is -0.495 e. The summed E-state index contributed by atoms with van der Waals surface area (Å²) in [5.74, 6) is -0.970. The summed E-state index contributed by atoms with van der Waals surface area (Å²) in [5, 5.41) is 12.4. The van der Waals surface area contributed by atoms with Crippen LogP contribution < -0.4 is 15.0 Å². The molecule has 0 bridgehead atoms. The summed E-state index contributed by atoms with van der Waals surface area (Å²) in [6.07, 6.45) is 0. The SMILES string of the molecule is COc1ccc(NC(=O)CN2N=N[C@@H]3C(=O)N(c4ccc(Cl)cc4)C(=O)[C@H]32)cc1Cl. The summed E-state index contributed by atoms with van der Waals surface area (Å²) in [4.78, 5) is 39.0. The lowest BCUT2D eigenvalue weighted by molar-refractivity contribution is -0.123. The molecule has 1 fully saturated rings. The van der Waals surface area contributed by atoms with Gasteiger partial charge in [0.15, 0.2) is 12.1 Å². The molecule has 0 aromatic heterocycles. The van der Waals surface area contributed by atoms with Crippen molar-refractivity contribution in [3.8, 4) is 5.75 Å². The van der Waals surface area contributed by atoms with Crippen LogP contribution >= 0.6 is 23.2 Å². The van der Waals surface area contributed by atoms with Crippen molar-refractivity contribution < 1.29 is 19.1 Å². The molecule has 9 nitrogen and oxygen atoms in total. The molecule has 0 unspecified atom stereocenters. The van der Waals surface area contributed by atoms with Crippen molar-refractivity contribution in [2.45, 2.75) is 12.1 Å². The van der Waals surface area contributed by atoms with E-state index in [4.69, 9.17) is 27.9 Å². The van der Waals surface area contributed by atoms with Gasteiger partial charge in [-0.15, -0.1) is 0 Å². The van der Waals surface area contributed by atoms with Gasteiger partial charge in [-0.3, -0.25) is 19.4 Å². The molecule has 2 aromatic carbocycles. The molecule has 30 heavy (non-hydrogen) atoms. The monoisotopic (exact) mass is 447 g/mol. The number of halogens is 2. The second kappa shape index (κ2) is 7.92. The molecule has 1 N–H and O–H groups in total. The molecule has 2 aromatic rings. The van der Waals surface area contributed by atoms with Gasteiger partial charge in [0.2, 0.25) is 5.91 Å². The number of carbonyl (C=O) groups excluding carboxylic acids is 3. The predicted octanol–water partition coefficient (Wildman–Crippen LogP) is 2.93. The molecule has 2 heterocycles. The van der Waals surface area contributed by atoms with Gasteiger partial charge < -0.3 is 10.1 Å². The number of nitrogens with one attached hydrogen (secondary N) is 1. The Hall–Kier alpha value is -3.17. The Morgan fingerprint density at radius 2 is 1.87 bits per heavy atom. The maximum absolute atomic E-state index is 12.9. The Bertz CT molecular complexity index is 1060. The van der Waals surface area contributed by atoms with E-state index in [0.717, 1.165) is 4.90 Å². The summed E-state index contributed by atoms with van der Waals surface area (Å²) >= 11 is 11.9. The van der Waals surface area contributed by atoms with Crippen LogP contribution in [0.3, 0.4) is 0 Å². The summed E-state index contributed by atoms with van der Waals surface area (Å²) in [7, 11) is 1.49. The van der Waals surface area contributed by atoms with Crippen LogP contribution in [-0.4, -0.2) is 48.5 Å². The number of methoxy groups -OCH3 is 1. The van der Waals surface area contributed by atoms with Crippen molar-refractivity contribution in [3.63, 3.8) is 0 Å². The number of fused-ring (bicyclic) bond motifs is 1. The number of rotatable bonds is 5. The number of anilines is 2. The first-order chi connectivity index (χ1) is 14.4. The molecular weight excluding hydrogens is 433 g/mol. The molecule has 11 heteroatoms. The van der Waals surface area contributed by atoms with Crippen molar-refractivity contribution in [1.29, 1.82) is 0 Å². The minimum absolute atomic E-state index is 0.262. The Morgan fingerprint density at radius 1 is 1.13 bits per heavy atom. The Labute approximate surface area is 181 Å². The van der Waals surface area contributed by atoms with E-state index < -0.39 is 29.8 Å². The van der Waals surface area contributed by atoms with Crippen LogP contribution in [0.5, 0.6) is 5.75 Å². The van der Waals surface area contributed by atoms with Gasteiger partial charge in [0.25, 0.3) is 11.8 Å². The van der Waals surface area contributed by atoms with Gasteiger partial charge in [0, 0.05) is 10.7 Å². The van der Waals surface area contributed by atoms with Crippen molar-refractivity contribution in [2.75, 3.05) is 23.9 Å². The van der Waals surface area contributed by atoms with Gasteiger partial charge in [0.05, 0.1) is 17.8 Å². The van der Waals surface area contributed by atoms with E-state index in [-0.39, 0.29) is 6.54 Å². The summed E-state index contributed by atoms with van der Waals surface area (Å²) in [6, 6.07) is 9.13. The fraction of sp³-hybridized carbons (Fsp3) is 0.211. The van der Waals surface area contributed by atoms with Crippen LogP contribution in [0.15, 0.2) is 52.8 Å². The Balaban J connectivity index is 1.46. The fourth-order valence-corrected chi connectivity index (χ4v) is 3.67. The number of benzene rings is 2. The second-order valence-corrected chi connectivity index (χ2v) is 7.42. The first kappa shape index (κ1) is 20.1. The van der Waals surface area contributed by atoms with Gasteiger partial charge in [-0.2, -0.15) is 5.11 Å². The van der Waals surface area contributed by atoms with Gasteiger partial charge >= 0.3 is 0 Å². The topological polar surface area (TPSA) is 104 Å². The third-order valence-electron chi connectivity index (χ3n) is 4.68. The molecule has 154 valence electrons. The number of hydrogen-bond acceptors (Lipinski definition) is 7. The zero-order valence-corrected chi connectivity index (χ0v) is 17.1. The molecule has 0 saturated carbocycles. The third kappa shape index (κ3) is 3.57. The van der Waals surface area contributed by atoms with Crippen molar-refractivity contribution >= 4 is 52.3 Å². The van der Waals surface area contributed by atoms with E-state index in [1.807, 2.05) is 0 Å². The summed E-state index contributed by atoms with van der Waals surface area (Å²) < 4.78 is 5.07. The average molecular weight is 448 g/mol. The lowest BCUT2D eigenvalue weighted by atomic mass is 10.1. The van der Waals surface area contributed by atoms with Gasteiger partial charge in [-0.1, -0.05) is 28.4 Å². The predicted molar refractivity (Wildman–Crippen MR) is 110 cm³/mol. The van der Waals surface area contributed by atoms with E-state index in [2.05, 4.69) is 15.7 Å². The molecular formula is C19H15Cl2N5O4. The minimum atomic E-state index is -0.989. The second-order valence-electron chi connectivity index (χ2n) is 6.58. The fourth-order valence-electron chi connectivity index (χ4n) is 3.29. The summed E-state index contributed by atoms with van der Waals surface area (Å²) in [6.45, 7) is -0.262. The number of carbonyl (C=O) groups is 3. The smallest absolute Gasteiger partial charge is 0.263 e. The van der Waals surface area contributed by atoms with Gasteiger partial charge in [-0.05, 0) is 42.5 Å². The van der Waals surface area contributed by atoms with Crippen LogP contribution in [0.2, 0.25) is 10.0 Å². The van der Waals surface area contributed by atoms with Gasteiger partial charge in [-0.25, -0.2) is 4.90 Å². The molecule has 0 spiro atoms. The van der Waals surface area contributed by atoms with Crippen LogP contribution in [0.1, 0.15) is 0 Å². The number of ether oxygens (including phenoxy) is 1. The molecule has 2 aliphatic heterocycles. The molecule has 0 aliphatic carbocycles. The maximum atomic E-state index is 12.9. The zero-order chi connectivity index (χ0) is 21.4. The van der Waals surface area contributed by atoms with Crippen LogP contribution in [0, 0.1) is 0 Å². The van der Waals surface area contributed by atoms with Crippen molar-refractivity contribution in [3.05, 3.63) is 52.5 Å². The van der Waals surface area contributed by atoms with E-state index >= 15 is 0 Å². The average Bonchev–Trinajstić information content (AvgIpc) is 3.23. The third-order valence-corrected chi connectivity index (χ3v) is 5.23. The number of amides is 3. The standard InChI is InChI=1S/C19H15Cl2N5O4/c1-30-14-7-4-11(8-13(14)21)22-15(27)9-25-17-16(23-24-25)18(28)26(19(17)29)12-5-2-10(20)3-6-12/h2-8,16-17H,9H2,1H3,(H,22,27)/t16-,17-/m0/s1. The Morgan fingerprint density at radius 3 is 2.53 bits per heavy atom. The van der Waals surface area contributed by atoms with E-state index in [0.29, 0.717) is 27.2 Å². The highest BCUT2D eigenvalue weighted by Crippen LogP contribution is 2.32. The molecule has 2 aliphatic rings. The first-order valence-corrected chi connectivity index (χ1v) is 9.59. The number of nitrogens with zero attached hydrogens (tertiary/aromatic N) is 4. The lowest BCUT2D eigenvalue weighted by Gasteiger charge is -2.20. The molecule has 2 atom stereocenters. The number of imide groups is 1.